The van der Waals surface area contributed by atoms with E-state index in [1.165, 1.54) is 4.68 Å². The van der Waals surface area contributed by atoms with Crippen molar-refractivity contribution in [3.63, 3.8) is 0 Å². The Balaban J connectivity index is 0.00000243. The Morgan fingerprint density at radius 2 is 1.85 bits per heavy atom. The number of hydrogen-bond acceptors (Lipinski definition) is 4. The van der Waals surface area contributed by atoms with Crippen molar-refractivity contribution in [2.24, 2.45) is 5.41 Å². The third kappa shape index (κ3) is 4.53. The fourth-order valence-electron chi connectivity index (χ4n) is 3.22. The smallest absolute Gasteiger partial charge is 0.273 e. The minimum Gasteiger partial charge on any atom is -0.355 e. The number of nitrogens with one attached hydrogen (secondary N) is 3. The van der Waals surface area contributed by atoms with Crippen LogP contribution in [0.15, 0.2) is 33.9 Å². The summed E-state index contributed by atoms with van der Waals surface area (Å²) in [7, 11) is 0. The average Bonchev–Trinajstić information content (AvgIpc) is 2.62. The van der Waals surface area contributed by atoms with Crippen LogP contribution in [0.5, 0.6) is 0 Å². The van der Waals surface area contributed by atoms with E-state index in [0.717, 1.165) is 25.9 Å². The van der Waals surface area contributed by atoms with E-state index in [1.54, 1.807) is 24.3 Å². The first-order chi connectivity index (χ1) is 12.0. The SMILES string of the molecule is CC1(CNC(=O)CCn2[nH]c(=O)c3ccccc3c2=O)CCNCC1.Cl. The van der Waals surface area contributed by atoms with Crippen LogP contribution in [0, 0.1) is 5.41 Å². The van der Waals surface area contributed by atoms with Gasteiger partial charge in [-0.1, -0.05) is 19.1 Å². The number of piperidine rings is 1. The Bertz CT molecular complexity index is 884. The van der Waals surface area contributed by atoms with Gasteiger partial charge in [-0.15, -0.1) is 12.4 Å². The molecule has 3 rings (SSSR count). The molecule has 26 heavy (non-hydrogen) atoms. The van der Waals surface area contributed by atoms with Crippen molar-refractivity contribution in [3.8, 4) is 0 Å². The average molecular weight is 381 g/mol. The van der Waals surface area contributed by atoms with Crippen LogP contribution in [0.25, 0.3) is 10.8 Å². The van der Waals surface area contributed by atoms with Gasteiger partial charge in [0.15, 0.2) is 0 Å². The van der Waals surface area contributed by atoms with E-state index >= 15 is 0 Å². The third-order valence-electron chi connectivity index (χ3n) is 4.97. The van der Waals surface area contributed by atoms with Gasteiger partial charge in [-0.2, -0.15) is 0 Å². The predicted octanol–water partition coefficient (Wildman–Crippen LogP) is 1.01. The molecule has 142 valence electrons. The Morgan fingerprint density at radius 3 is 2.54 bits per heavy atom. The second kappa shape index (κ2) is 8.51. The lowest BCUT2D eigenvalue weighted by molar-refractivity contribution is -0.121. The van der Waals surface area contributed by atoms with Crippen molar-refractivity contribution in [2.45, 2.75) is 32.7 Å². The summed E-state index contributed by atoms with van der Waals surface area (Å²) in [5.41, 5.74) is -0.485. The van der Waals surface area contributed by atoms with Crippen LogP contribution in [-0.4, -0.2) is 35.3 Å². The van der Waals surface area contributed by atoms with Gasteiger partial charge in [0.05, 0.1) is 17.3 Å². The summed E-state index contributed by atoms with van der Waals surface area (Å²) in [6, 6.07) is 6.68. The third-order valence-corrected chi connectivity index (χ3v) is 4.97. The lowest BCUT2D eigenvalue weighted by Gasteiger charge is -2.34. The molecule has 2 heterocycles. The van der Waals surface area contributed by atoms with Gasteiger partial charge < -0.3 is 10.6 Å². The van der Waals surface area contributed by atoms with Gasteiger partial charge in [-0.05, 0) is 43.5 Å². The van der Waals surface area contributed by atoms with Crippen LogP contribution in [0.1, 0.15) is 26.2 Å². The molecule has 1 aliphatic heterocycles. The Labute approximate surface area is 157 Å². The number of aromatic amines is 1. The van der Waals surface area contributed by atoms with E-state index in [4.69, 9.17) is 0 Å². The standard InChI is InChI=1S/C18H24N4O3.ClH/c1-18(7-9-19-10-8-18)12-20-15(23)6-11-22-17(25)14-5-3-2-4-13(14)16(24)21-22;/h2-5,19H,6-12H2,1H3,(H,20,23)(H,21,24);1H. The highest BCUT2D eigenvalue weighted by Crippen LogP contribution is 2.26. The number of hydrogen-bond donors (Lipinski definition) is 3. The van der Waals surface area contributed by atoms with Crippen molar-refractivity contribution >= 4 is 29.1 Å². The van der Waals surface area contributed by atoms with E-state index in [9.17, 15) is 14.4 Å². The van der Waals surface area contributed by atoms with Gasteiger partial charge >= 0.3 is 0 Å². The van der Waals surface area contributed by atoms with Crippen molar-refractivity contribution in [1.82, 2.24) is 20.4 Å². The summed E-state index contributed by atoms with van der Waals surface area (Å²) in [6.07, 6.45) is 2.22. The van der Waals surface area contributed by atoms with E-state index in [0.29, 0.717) is 17.3 Å². The number of benzene rings is 1. The first kappa shape index (κ1) is 20.2. The summed E-state index contributed by atoms with van der Waals surface area (Å²) in [5.74, 6) is -0.110. The Hall–Kier alpha value is -2.12. The maximum Gasteiger partial charge on any atom is 0.273 e. The second-order valence-corrected chi connectivity index (χ2v) is 7.03. The molecule has 0 atom stereocenters. The van der Waals surface area contributed by atoms with Gasteiger partial charge in [0, 0.05) is 13.0 Å². The molecule has 1 aliphatic rings. The van der Waals surface area contributed by atoms with Gasteiger partial charge in [0.1, 0.15) is 0 Å². The molecular weight excluding hydrogens is 356 g/mol. The Kier molecular flexibility index (Phi) is 6.61. The number of aromatic nitrogens is 2. The van der Waals surface area contributed by atoms with Crippen molar-refractivity contribution in [2.75, 3.05) is 19.6 Å². The van der Waals surface area contributed by atoms with Gasteiger partial charge in [-0.3, -0.25) is 19.5 Å². The molecule has 8 heteroatoms. The number of rotatable bonds is 5. The maximum atomic E-state index is 12.4. The molecular formula is C18H25ClN4O3. The summed E-state index contributed by atoms with van der Waals surface area (Å²) in [6.45, 7) is 4.92. The molecule has 1 amide bonds. The normalized spacial score (nSPS) is 16.0. The number of carbonyl (C=O) groups excluding carboxylic acids is 1. The van der Waals surface area contributed by atoms with Crippen molar-refractivity contribution in [1.29, 1.82) is 0 Å². The molecule has 7 nitrogen and oxygen atoms in total. The quantitative estimate of drug-likeness (QED) is 0.721. The number of amides is 1. The molecule has 1 aromatic carbocycles. The number of halogens is 1. The maximum absolute atomic E-state index is 12.4. The zero-order valence-corrected chi connectivity index (χ0v) is 15.7. The number of fused-ring (bicyclic) bond motifs is 1. The highest BCUT2D eigenvalue weighted by Gasteiger charge is 2.26. The van der Waals surface area contributed by atoms with Crippen LogP contribution < -0.4 is 21.8 Å². The van der Waals surface area contributed by atoms with Crippen LogP contribution >= 0.6 is 12.4 Å². The minimum absolute atomic E-state index is 0. The minimum atomic E-state index is -0.321. The molecule has 0 aliphatic carbocycles. The Morgan fingerprint density at radius 1 is 1.19 bits per heavy atom. The van der Waals surface area contributed by atoms with Crippen molar-refractivity contribution in [3.05, 3.63) is 45.0 Å². The van der Waals surface area contributed by atoms with Crippen LogP contribution in [0.2, 0.25) is 0 Å². The zero-order valence-electron chi connectivity index (χ0n) is 14.8. The predicted molar refractivity (Wildman–Crippen MR) is 104 cm³/mol. The summed E-state index contributed by atoms with van der Waals surface area (Å²) in [5, 5.41) is 9.56. The van der Waals surface area contributed by atoms with Crippen LogP contribution in [0.4, 0.5) is 0 Å². The number of H-pyrrole nitrogens is 1. The first-order valence-electron chi connectivity index (χ1n) is 8.68. The van der Waals surface area contributed by atoms with Crippen LogP contribution in [-0.2, 0) is 11.3 Å². The highest BCUT2D eigenvalue weighted by atomic mass is 35.5. The molecule has 0 spiro atoms. The molecule has 3 N–H and O–H groups in total. The van der Waals surface area contributed by atoms with Gasteiger partial charge in [0.25, 0.3) is 11.1 Å². The molecule has 1 saturated heterocycles. The highest BCUT2D eigenvalue weighted by molar-refractivity contribution is 5.85. The van der Waals surface area contributed by atoms with Gasteiger partial charge in [0.2, 0.25) is 5.91 Å². The molecule has 1 fully saturated rings. The molecule has 0 bridgehead atoms. The van der Waals surface area contributed by atoms with Gasteiger partial charge in [-0.25, -0.2) is 4.68 Å². The first-order valence-corrected chi connectivity index (χ1v) is 8.68. The molecule has 0 saturated carbocycles. The van der Waals surface area contributed by atoms with E-state index in [-0.39, 0.29) is 47.8 Å². The number of nitrogens with zero attached hydrogens (tertiary/aromatic N) is 1. The zero-order chi connectivity index (χ0) is 17.9. The van der Waals surface area contributed by atoms with E-state index < -0.39 is 0 Å². The second-order valence-electron chi connectivity index (χ2n) is 7.03. The monoisotopic (exact) mass is 380 g/mol. The largest absolute Gasteiger partial charge is 0.355 e. The number of aryl methyl sites for hydroxylation is 1. The molecule has 2 aromatic rings. The fraction of sp³-hybridized carbons (Fsp3) is 0.500. The fourth-order valence-corrected chi connectivity index (χ4v) is 3.22. The molecule has 0 unspecified atom stereocenters. The van der Waals surface area contributed by atoms with Crippen molar-refractivity contribution < 1.29 is 4.79 Å². The molecule has 0 radical (unpaired) electrons. The topological polar surface area (TPSA) is 96.0 Å². The number of carbonyl (C=O) groups is 1. The van der Waals surface area contributed by atoms with Crippen LogP contribution in [0.3, 0.4) is 0 Å². The lowest BCUT2D eigenvalue weighted by atomic mass is 9.81. The lowest BCUT2D eigenvalue weighted by Crippen LogP contribution is -2.43. The summed E-state index contributed by atoms with van der Waals surface area (Å²) < 4.78 is 1.22. The van der Waals surface area contributed by atoms with E-state index in [2.05, 4.69) is 22.7 Å². The molecule has 1 aromatic heterocycles. The van der Waals surface area contributed by atoms with E-state index in [1.807, 2.05) is 0 Å². The summed E-state index contributed by atoms with van der Waals surface area (Å²) in [4.78, 5) is 36.6. The summed E-state index contributed by atoms with van der Waals surface area (Å²) >= 11 is 0.